The molecule has 9 nitrogen and oxygen atoms in total. The van der Waals surface area contributed by atoms with E-state index in [9.17, 15) is 33.2 Å². The second-order valence-electron chi connectivity index (χ2n) is 10.2. The smallest absolute Gasteiger partial charge is 0.422 e. The Balaban J connectivity index is 1.58. The molecular weight excluding hydrogens is 555 g/mol. The molecular formula is C30H30F3N3O6. The summed E-state index contributed by atoms with van der Waals surface area (Å²) >= 11 is 0. The summed E-state index contributed by atoms with van der Waals surface area (Å²) in [5.41, 5.74) is -3.10. The lowest BCUT2D eigenvalue weighted by molar-refractivity contribution is -0.384. The number of piperidine rings is 1. The highest BCUT2D eigenvalue weighted by Crippen LogP contribution is 2.44. The number of nitro benzene ring substituents is 1. The number of benzene rings is 2. The molecule has 42 heavy (non-hydrogen) atoms. The van der Waals surface area contributed by atoms with Crippen LogP contribution in [0.4, 0.5) is 18.9 Å². The third-order valence-corrected chi connectivity index (χ3v) is 7.24. The summed E-state index contributed by atoms with van der Waals surface area (Å²) in [6, 6.07) is 12.5. The average Bonchev–Trinajstić information content (AvgIpc) is 3.30. The lowest BCUT2D eigenvalue weighted by atomic mass is 9.91. The van der Waals surface area contributed by atoms with Crippen molar-refractivity contribution in [1.82, 2.24) is 9.47 Å². The molecule has 12 heteroatoms. The van der Waals surface area contributed by atoms with Gasteiger partial charge in [0.2, 0.25) is 5.60 Å². The van der Waals surface area contributed by atoms with Crippen molar-refractivity contribution < 1.29 is 37.8 Å². The predicted octanol–water partition coefficient (Wildman–Crippen LogP) is 5.54. The molecule has 2 heterocycles. The Kier molecular flexibility index (Phi) is 8.88. The molecule has 4 rings (SSSR count). The van der Waals surface area contributed by atoms with E-state index in [0.29, 0.717) is 12.8 Å². The zero-order valence-electron chi connectivity index (χ0n) is 22.6. The van der Waals surface area contributed by atoms with Crippen molar-refractivity contribution in [2.75, 3.05) is 19.6 Å². The number of hydrogen-bond acceptors (Lipinski definition) is 6. The number of aromatic nitrogens is 1. The molecule has 1 aliphatic rings. The minimum Gasteiger partial charge on any atom is -0.491 e. The van der Waals surface area contributed by atoms with Crippen molar-refractivity contribution in [3.05, 3.63) is 113 Å². The number of ether oxygens (including phenoxy) is 1. The minimum atomic E-state index is -5.06. The summed E-state index contributed by atoms with van der Waals surface area (Å²) in [6.07, 6.45) is -0.882. The number of fused-ring (bicyclic) bond motifs is 1. The van der Waals surface area contributed by atoms with E-state index in [-0.39, 0.29) is 59.2 Å². The van der Waals surface area contributed by atoms with Gasteiger partial charge in [-0.15, -0.1) is 0 Å². The van der Waals surface area contributed by atoms with Crippen molar-refractivity contribution in [2.24, 2.45) is 0 Å². The molecule has 0 aliphatic carbocycles. The number of carboxylic acids is 1. The lowest BCUT2D eigenvalue weighted by Crippen LogP contribution is -2.53. The molecule has 2 aromatic carbocycles. The van der Waals surface area contributed by atoms with Gasteiger partial charge in [-0.3, -0.25) is 15.0 Å². The van der Waals surface area contributed by atoms with E-state index < -0.39 is 29.2 Å². The van der Waals surface area contributed by atoms with E-state index in [2.05, 4.69) is 13.2 Å². The molecule has 1 saturated heterocycles. The van der Waals surface area contributed by atoms with Crippen molar-refractivity contribution in [2.45, 2.75) is 37.3 Å². The summed E-state index contributed by atoms with van der Waals surface area (Å²) in [6.45, 7) is 6.88. The summed E-state index contributed by atoms with van der Waals surface area (Å²) in [5.74, 6) is -0.992. The van der Waals surface area contributed by atoms with Crippen molar-refractivity contribution >= 4 is 22.6 Å². The number of rotatable bonds is 11. The van der Waals surface area contributed by atoms with E-state index >= 15 is 0 Å². The highest BCUT2D eigenvalue weighted by molar-refractivity contribution is 5.89. The summed E-state index contributed by atoms with van der Waals surface area (Å²) in [5, 5.41) is 31.8. The van der Waals surface area contributed by atoms with Crippen molar-refractivity contribution in [1.29, 1.82) is 0 Å². The lowest BCUT2D eigenvalue weighted by Gasteiger charge is -2.39. The number of allylic oxidation sites excluding steroid dienone is 1. The van der Waals surface area contributed by atoms with Gasteiger partial charge in [0.05, 0.1) is 16.0 Å². The third kappa shape index (κ3) is 6.72. The van der Waals surface area contributed by atoms with Crippen molar-refractivity contribution in [3.63, 3.8) is 0 Å². The Morgan fingerprint density at radius 2 is 1.79 bits per heavy atom. The van der Waals surface area contributed by atoms with Crippen LogP contribution in [0.1, 0.15) is 24.0 Å². The second kappa shape index (κ2) is 12.2. The van der Waals surface area contributed by atoms with E-state index in [0.717, 1.165) is 11.6 Å². The maximum absolute atomic E-state index is 14.7. The number of hydrogen-bond donors (Lipinski definition) is 2. The van der Waals surface area contributed by atoms with Gasteiger partial charge in [-0.2, -0.15) is 13.2 Å². The maximum Gasteiger partial charge on any atom is 0.422 e. The first kappa shape index (κ1) is 30.5. The number of β-amino-alcohol motifs (C(OH)–C–C–N with tert-alkyl or cyclic N) is 1. The summed E-state index contributed by atoms with van der Waals surface area (Å²) < 4.78 is 51.3. The molecule has 222 valence electrons. The first-order valence-corrected chi connectivity index (χ1v) is 13.1. The van der Waals surface area contributed by atoms with Crippen LogP contribution in [0, 0.1) is 10.1 Å². The second-order valence-corrected chi connectivity index (χ2v) is 10.2. The van der Waals surface area contributed by atoms with Crippen molar-refractivity contribution in [3.8, 4) is 0 Å². The normalized spacial score (nSPS) is 16.4. The van der Waals surface area contributed by atoms with Crippen LogP contribution < -0.4 is 0 Å². The van der Waals surface area contributed by atoms with Crippen LogP contribution in [-0.4, -0.2) is 62.5 Å². The van der Waals surface area contributed by atoms with Gasteiger partial charge in [0, 0.05) is 55.5 Å². The molecule has 3 aromatic rings. The van der Waals surface area contributed by atoms with Crippen LogP contribution in [-0.2, 0) is 21.7 Å². The molecule has 0 bridgehead atoms. The Morgan fingerprint density at radius 1 is 1.12 bits per heavy atom. The topological polar surface area (TPSA) is 118 Å². The van der Waals surface area contributed by atoms with Crippen LogP contribution >= 0.6 is 0 Å². The highest BCUT2D eigenvalue weighted by Gasteiger charge is 2.57. The molecule has 0 amide bonds. The maximum atomic E-state index is 14.7. The number of aliphatic hydroxyl groups is 1. The average molecular weight is 586 g/mol. The Morgan fingerprint density at radius 3 is 2.38 bits per heavy atom. The van der Waals surface area contributed by atoms with Crippen LogP contribution in [0.25, 0.3) is 10.9 Å². The van der Waals surface area contributed by atoms with E-state index in [1.807, 2.05) is 0 Å². The summed E-state index contributed by atoms with van der Waals surface area (Å²) in [4.78, 5) is 23.2. The molecule has 1 atom stereocenters. The largest absolute Gasteiger partial charge is 0.491 e. The van der Waals surface area contributed by atoms with E-state index in [4.69, 9.17) is 9.84 Å². The highest BCUT2D eigenvalue weighted by atomic mass is 19.4. The number of nitro groups is 1. The Hall–Kier alpha value is -4.42. The molecule has 2 N–H and O–H groups in total. The number of carbonyl (C=O) groups is 1. The van der Waals surface area contributed by atoms with Gasteiger partial charge in [0.25, 0.3) is 5.69 Å². The SMILES string of the molecule is C=C(/C=C\C(=C)C(=O)O)OC1CCN(CC(O)(c2cn(Cc3ccccc3)c3cc([N+](=O)[O-])ccc23)C(F)(F)F)CC1. The Bertz CT molecular complexity index is 1520. The molecule has 1 aromatic heterocycles. The number of non-ortho nitro benzene ring substituents is 1. The molecule has 1 fully saturated rings. The van der Waals surface area contributed by atoms with E-state index in [1.54, 1.807) is 30.3 Å². The molecule has 0 radical (unpaired) electrons. The van der Waals surface area contributed by atoms with Gasteiger partial charge in [0.15, 0.2) is 0 Å². The fourth-order valence-corrected chi connectivity index (χ4v) is 4.99. The number of halogens is 3. The minimum absolute atomic E-state index is 0.0700. The standard InChI is InChI=1S/C30H30F3N3O6/c1-20(28(37)38)8-9-21(2)42-24-12-14-34(15-13-24)19-29(39,30(31,32)33)26-18-35(17-22-6-4-3-5-7-22)27-16-23(36(40)41)10-11-25(26)27/h3-11,16,18,24,39H,1-2,12-15,17,19H2,(H,37,38)/b9-8-. The number of aliphatic carboxylic acids is 1. The van der Waals surface area contributed by atoms with Crippen LogP contribution in [0.15, 0.2) is 91.4 Å². The third-order valence-electron chi connectivity index (χ3n) is 7.24. The molecule has 0 spiro atoms. The number of likely N-dealkylation sites (tertiary alicyclic amines) is 1. The van der Waals surface area contributed by atoms with Gasteiger partial charge in [-0.25, -0.2) is 4.79 Å². The summed E-state index contributed by atoms with van der Waals surface area (Å²) in [7, 11) is 0. The van der Waals surface area contributed by atoms with Gasteiger partial charge in [0.1, 0.15) is 11.9 Å². The van der Waals surface area contributed by atoms with Gasteiger partial charge < -0.3 is 19.5 Å². The number of alkyl halides is 3. The van der Waals surface area contributed by atoms with Crippen LogP contribution in [0.5, 0.6) is 0 Å². The number of nitrogens with zero attached hydrogens (tertiary/aromatic N) is 3. The van der Waals surface area contributed by atoms with Gasteiger partial charge >= 0.3 is 12.1 Å². The fourth-order valence-electron chi connectivity index (χ4n) is 4.99. The fraction of sp³-hybridized carbons (Fsp3) is 0.300. The zero-order valence-corrected chi connectivity index (χ0v) is 22.6. The first-order chi connectivity index (χ1) is 19.8. The quantitative estimate of drug-likeness (QED) is 0.0998. The molecule has 1 unspecified atom stereocenters. The zero-order chi connectivity index (χ0) is 30.7. The first-order valence-electron chi connectivity index (χ1n) is 13.1. The van der Waals surface area contributed by atoms with Gasteiger partial charge in [-0.1, -0.05) is 43.5 Å². The molecule has 1 aliphatic heterocycles. The monoisotopic (exact) mass is 585 g/mol. The van der Waals surface area contributed by atoms with Crippen LogP contribution in [0.3, 0.4) is 0 Å². The molecule has 0 saturated carbocycles. The van der Waals surface area contributed by atoms with Gasteiger partial charge in [-0.05, 0) is 36.6 Å². The predicted molar refractivity (Wildman–Crippen MR) is 150 cm³/mol. The van der Waals surface area contributed by atoms with E-state index in [1.165, 1.54) is 39.9 Å². The Labute approximate surface area is 239 Å². The van der Waals surface area contributed by atoms with Crippen LogP contribution in [0.2, 0.25) is 0 Å². The number of carboxylic acid groups (broad SMARTS) is 1.